The molecule has 1 aromatic carbocycles. The number of carbonyl (C=O) groups is 2. The predicted octanol–water partition coefficient (Wildman–Crippen LogP) is 2.18. The maximum Gasteiger partial charge on any atom is 0.224 e. The molecule has 29 heavy (non-hydrogen) atoms. The molecule has 0 bridgehead atoms. The molecule has 2 heterocycles. The van der Waals surface area contributed by atoms with Gasteiger partial charge in [-0.3, -0.25) is 14.6 Å². The van der Waals surface area contributed by atoms with Crippen molar-refractivity contribution >= 4 is 17.5 Å². The summed E-state index contributed by atoms with van der Waals surface area (Å²) in [6.07, 6.45) is 3.76. The summed E-state index contributed by atoms with van der Waals surface area (Å²) in [5.41, 5.74) is 2.15. The number of methoxy groups -OCH3 is 1. The number of nitrogens with zero attached hydrogens (tertiary/aromatic N) is 4. The number of amides is 2. The van der Waals surface area contributed by atoms with E-state index < -0.39 is 0 Å². The van der Waals surface area contributed by atoms with Crippen LogP contribution in [0.5, 0.6) is 5.75 Å². The van der Waals surface area contributed by atoms with Gasteiger partial charge in [0.1, 0.15) is 5.75 Å². The van der Waals surface area contributed by atoms with Crippen molar-refractivity contribution in [3.63, 3.8) is 0 Å². The molecule has 2 aromatic rings. The van der Waals surface area contributed by atoms with Crippen LogP contribution in [0.3, 0.4) is 0 Å². The van der Waals surface area contributed by atoms with Gasteiger partial charge in [0.25, 0.3) is 0 Å². The Kier molecular flexibility index (Phi) is 7.05. The van der Waals surface area contributed by atoms with Crippen molar-refractivity contribution in [1.29, 1.82) is 0 Å². The first-order chi connectivity index (χ1) is 14.1. The van der Waals surface area contributed by atoms with Crippen LogP contribution in [-0.2, 0) is 16.1 Å². The Morgan fingerprint density at radius 3 is 2.28 bits per heavy atom. The number of aromatic nitrogens is 1. The maximum atomic E-state index is 12.6. The van der Waals surface area contributed by atoms with Crippen LogP contribution in [0.15, 0.2) is 48.8 Å². The molecule has 7 heteroatoms. The molecule has 1 saturated heterocycles. The van der Waals surface area contributed by atoms with Gasteiger partial charge >= 0.3 is 0 Å². The van der Waals surface area contributed by atoms with Crippen LogP contribution in [-0.4, -0.2) is 66.4 Å². The van der Waals surface area contributed by atoms with Crippen LogP contribution in [0.2, 0.25) is 0 Å². The molecule has 0 unspecified atom stereocenters. The van der Waals surface area contributed by atoms with Crippen molar-refractivity contribution < 1.29 is 14.3 Å². The molecule has 1 aliphatic heterocycles. The third-order valence-electron chi connectivity index (χ3n) is 5.23. The number of piperazine rings is 1. The molecule has 0 aliphatic carbocycles. The second-order valence-corrected chi connectivity index (χ2v) is 7.11. The molecule has 3 rings (SSSR count). The van der Waals surface area contributed by atoms with Crippen LogP contribution >= 0.6 is 0 Å². The number of ether oxygens (including phenoxy) is 1. The van der Waals surface area contributed by atoms with Crippen molar-refractivity contribution in [2.45, 2.75) is 19.9 Å². The zero-order chi connectivity index (χ0) is 20.6. The fraction of sp³-hybridized carbons (Fsp3) is 0.409. The SMILES string of the molecule is COc1ccc(N2CCN(C(=O)CCN(Cc3ccncc3)C(C)=O)CC2)cc1. The lowest BCUT2D eigenvalue weighted by molar-refractivity contribution is -0.134. The van der Waals surface area contributed by atoms with E-state index in [1.54, 1.807) is 31.3 Å². The average Bonchev–Trinajstić information content (AvgIpc) is 2.77. The summed E-state index contributed by atoms with van der Waals surface area (Å²) >= 11 is 0. The highest BCUT2D eigenvalue weighted by Gasteiger charge is 2.22. The lowest BCUT2D eigenvalue weighted by Crippen LogP contribution is -2.49. The van der Waals surface area contributed by atoms with Gasteiger partial charge in [0.2, 0.25) is 11.8 Å². The third-order valence-corrected chi connectivity index (χ3v) is 5.23. The smallest absolute Gasteiger partial charge is 0.224 e. The topological polar surface area (TPSA) is 66.0 Å². The molecule has 0 radical (unpaired) electrons. The molecular weight excluding hydrogens is 368 g/mol. The van der Waals surface area contributed by atoms with Crippen LogP contribution in [0.4, 0.5) is 5.69 Å². The van der Waals surface area contributed by atoms with Gasteiger partial charge in [-0.1, -0.05) is 0 Å². The van der Waals surface area contributed by atoms with E-state index in [4.69, 9.17) is 4.74 Å². The van der Waals surface area contributed by atoms with Crippen molar-refractivity contribution in [1.82, 2.24) is 14.8 Å². The number of hydrogen-bond donors (Lipinski definition) is 0. The molecule has 7 nitrogen and oxygen atoms in total. The molecule has 0 saturated carbocycles. The van der Waals surface area contributed by atoms with Gasteiger partial charge in [-0.25, -0.2) is 0 Å². The summed E-state index contributed by atoms with van der Waals surface area (Å²) in [5.74, 6) is 0.906. The number of anilines is 1. The van der Waals surface area contributed by atoms with E-state index in [2.05, 4.69) is 9.88 Å². The number of carbonyl (C=O) groups excluding carboxylic acids is 2. The lowest BCUT2D eigenvalue weighted by atomic mass is 10.2. The summed E-state index contributed by atoms with van der Waals surface area (Å²) in [5, 5.41) is 0. The van der Waals surface area contributed by atoms with Crippen molar-refractivity contribution in [3.8, 4) is 5.75 Å². The van der Waals surface area contributed by atoms with Crippen LogP contribution in [0, 0.1) is 0 Å². The summed E-state index contributed by atoms with van der Waals surface area (Å²) in [6, 6.07) is 11.8. The van der Waals surface area contributed by atoms with Gasteiger partial charge in [0.05, 0.1) is 7.11 Å². The summed E-state index contributed by atoms with van der Waals surface area (Å²) in [6.45, 7) is 5.44. The van der Waals surface area contributed by atoms with Gasteiger partial charge in [-0.2, -0.15) is 0 Å². The number of hydrogen-bond acceptors (Lipinski definition) is 5. The van der Waals surface area contributed by atoms with E-state index in [1.165, 1.54) is 0 Å². The van der Waals surface area contributed by atoms with Crippen molar-refractivity contribution in [3.05, 3.63) is 54.4 Å². The van der Waals surface area contributed by atoms with Crippen molar-refractivity contribution in [2.75, 3.05) is 44.7 Å². The highest BCUT2D eigenvalue weighted by Crippen LogP contribution is 2.20. The largest absolute Gasteiger partial charge is 0.497 e. The third kappa shape index (κ3) is 5.70. The normalized spacial score (nSPS) is 13.9. The minimum atomic E-state index is -0.0288. The minimum Gasteiger partial charge on any atom is -0.497 e. The molecule has 1 aromatic heterocycles. The molecule has 154 valence electrons. The minimum absolute atomic E-state index is 0.0288. The van der Waals surface area contributed by atoms with Crippen molar-refractivity contribution in [2.24, 2.45) is 0 Å². The average molecular weight is 396 g/mol. The molecule has 0 atom stereocenters. The summed E-state index contributed by atoms with van der Waals surface area (Å²) in [7, 11) is 1.66. The molecule has 0 N–H and O–H groups in total. The monoisotopic (exact) mass is 396 g/mol. The molecule has 2 amide bonds. The standard InChI is InChI=1S/C22H28N4O3/c1-18(27)26(17-19-7-10-23-11-8-19)12-9-22(28)25-15-13-24(14-16-25)20-3-5-21(29-2)6-4-20/h3-8,10-11H,9,12-17H2,1-2H3. The van der Waals surface area contributed by atoms with E-state index in [9.17, 15) is 9.59 Å². The zero-order valence-corrected chi connectivity index (χ0v) is 17.1. The lowest BCUT2D eigenvalue weighted by Gasteiger charge is -2.36. The number of benzene rings is 1. The molecule has 1 fully saturated rings. The second kappa shape index (κ2) is 9.91. The highest BCUT2D eigenvalue weighted by atomic mass is 16.5. The molecule has 0 spiro atoms. The fourth-order valence-corrected chi connectivity index (χ4v) is 3.45. The Labute approximate surface area is 171 Å². The van der Waals surface area contributed by atoms with E-state index in [1.807, 2.05) is 41.3 Å². The van der Waals surface area contributed by atoms with E-state index in [0.717, 1.165) is 30.1 Å². The van der Waals surface area contributed by atoms with E-state index >= 15 is 0 Å². The Bertz CT molecular complexity index is 803. The first-order valence-corrected chi connectivity index (χ1v) is 9.88. The van der Waals surface area contributed by atoms with Crippen LogP contribution < -0.4 is 9.64 Å². The van der Waals surface area contributed by atoms with Gasteiger partial charge in [0, 0.05) is 70.7 Å². The fourth-order valence-electron chi connectivity index (χ4n) is 3.45. The van der Waals surface area contributed by atoms with Gasteiger partial charge in [-0.15, -0.1) is 0 Å². The first kappa shape index (κ1) is 20.6. The van der Waals surface area contributed by atoms with Gasteiger partial charge in [0.15, 0.2) is 0 Å². The summed E-state index contributed by atoms with van der Waals surface area (Å²) in [4.78, 5) is 34.5. The Balaban J connectivity index is 1.47. The van der Waals surface area contributed by atoms with Crippen LogP contribution in [0.25, 0.3) is 0 Å². The molecule has 1 aliphatic rings. The number of pyridine rings is 1. The first-order valence-electron chi connectivity index (χ1n) is 9.88. The Morgan fingerprint density at radius 2 is 1.69 bits per heavy atom. The van der Waals surface area contributed by atoms with E-state index in [-0.39, 0.29) is 11.8 Å². The Morgan fingerprint density at radius 1 is 1.03 bits per heavy atom. The predicted molar refractivity (Wildman–Crippen MR) is 112 cm³/mol. The molecular formula is C22H28N4O3. The second-order valence-electron chi connectivity index (χ2n) is 7.11. The maximum absolute atomic E-state index is 12.6. The van der Waals surface area contributed by atoms with Crippen LogP contribution in [0.1, 0.15) is 18.9 Å². The quantitative estimate of drug-likeness (QED) is 0.718. The number of rotatable bonds is 7. The highest BCUT2D eigenvalue weighted by molar-refractivity contribution is 5.78. The Hall–Kier alpha value is -3.09. The zero-order valence-electron chi connectivity index (χ0n) is 17.1. The summed E-state index contributed by atoms with van der Waals surface area (Å²) < 4.78 is 5.20. The van der Waals surface area contributed by atoms with E-state index in [0.29, 0.717) is 32.6 Å². The van der Waals surface area contributed by atoms with Gasteiger partial charge in [-0.05, 0) is 42.0 Å². The van der Waals surface area contributed by atoms with Gasteiger partial charge < -0.3 is 19.4 Å².